The van der Waals surface area contributed by atoms with Crippen molar-refractivity contribution in [3.63, 3.8) is 0 Å². The van der Waals surface area contributed by atoms with Crippen LogP contribution in [0, 0.1) is 0 Å². The number of ether oxygens (including phenoxy) is 1. The van der Waals surface area contributed by atoms with Gasteiger partial charge in [-0.15, -0.1) is 0 Å². The van der Waals surface area contributed by atoms with Gasteiger partial charge in [0.1, 0.15) is 0 Å². The molecular weight excluding hydrogens is 118 g/mol. The molecule has 3 nitrogen and oxygen atoms in total. The minimum atomic E-state index is -0.859. The first-order valence-corrected chi connectivity index (χ1v) is 3.07. The minimum absolute atomic E-state index is 0.488. The van der Waals surface area contributed by atoms with Crippen LogP contribution in [0.3, 0.4) is 0 Å². The summed E-state index contributed by atoms with van der Waals surface area (Å²) in [5.74, 6) is 0. The molecule has 0 bridgehead atoms. The molecule has 0 heterocycles. The molecule has 0 spiro atoms. The Labute approximate surface area is 55.8 Å². The van der Waals surface area contributed by atoms with E-state index in [1.165, 1.54) is 0 Å². The molecule has 3 heteroatoms. The summed E-state index contributed by atoms with van der Waals surface area (Å²) in [6.07, 6.45) is -0.859. The highest BCUT2D eigenvalue weighted by Crippen LogP contribution is 2.04. The highest BCUT2D eigenvalue weighted by atomic mass is 16.6. The molecule has 0 aromatic heterocycles. The zero-order chi connectivity index (χ0) is 7.49. The van der Waals surface area contributed by atoms with E-state index in [0.29, 0.717) is 6.61 Å². The molecule has 1 atom stereocenters. The Morgan fingerprint density at radius 2 is 2.11 bits per heavy atom. The zero-order valence-electron chi connectivity index (χ0n) is 6.22. The molecule has 0 aliphatic rings. The quantitative estimate of drug-likeness (QED) is 0.536. The van der Waals surface area contributed by atoms with Gasteiger partial charge in [-0.05, 0) is 20.8 Å². The van der Waals surface area contributed by atoms with Crippen LogP contribution in [-0.2, 0) is 4.74 Å². The Bertz CT molecular complexity index is 77.6. The molecule has 0 aliphatic heterocycles. The molecule has 0 radical (unpaired) electrons. The van der Waals surface area contributed by atoms with Crippen LogP contribution in [0.15, 0.2) is 0 Å². The van der Waals surface area contributed by atoms with Crippen molar-refractivity contribution in [1.82, 2.24) is 0 Å². The third kappa shape index (κ3) is 3.46. The molecule has 0 amide bonds. The Hall–Kier alpha value is -0.120. The lowest BCUT2D eigenvalue weighted by Gasteiger charge is -2.24. The fraction of sp³-hybridized carbons (Fsp3) is 1.00. The van der Waals surface area contributed by atoms with Gasteiger partial charge in [-0.2, -0.15) is 0 Å². The summed E-state index contributed by atoms with van der Waals surface area (Å²) in [7, 11) is 0. The Balaban J connectivity index is 3.59. The van der Waals surface area contributed by atoms with Gasteiger partial charge in [0.25, 0.3) is 0 Å². The minimum Gasteiger partial charge on any atom is -0.366 e. The van der Waals surface area contributed by atoms with E-state index in [4.69, 9.17) is 15.6 Å². The van der Waals surface area contributed by atoms with Gasteiger partial charge in [-0.25, -0.2) is 0 Å². The van der Waals surface area contributed by atoms with Crippen LogP contribution in [0.1, 0.15) is 20.8 Å². The fourth-order valence-electron chi connectivity index (χ4n) is 0.373. The second kappa shape index (κ2) is 3.15. The van der Waals surface area contributed by atoms with Gasteiger partial charge < -0.3 is 15.6 Å². The number of aliphatic hydroxyl groups is 1. The molecule has 0 aliphatic carbocycles. The van der Waals surface area contributed by atoms with Crippen LogP contribution < -0.4 is 5.73 Å². The van der Waals surface area contributed by atoms with E-state index in [2.05, 4.69) is 0 Å². The van der Waals surface area contributed by atoms with E-state index < -0.39 is 11.8 Å². The molecular formula is C6H15NO2. The number of rotatable bonds is 3. The van der Waals surface area contributed by atoms with Crippen molar-refractivity contribution in [2.75, 3.05) is 6.61 Å². The molecule has 0 aromatic carbocycles. The fourth-order valence-corrected chi connectivity index (χ4v) is 0.373. The summed E-state index contributed by atoms with van der Waals surface area (Å²) in [4.78, 5) is 0. The first-order chi connectivity index (χ1) is 3.98. The molecule has 0 rings (SSSR count). The third-order valence-electron chi connectivity index (χ3n) is 0.961. The van der Waals surface area contributed by atoms with Crippen molar-refractivity contribution in [3.8, 4) is 0 Å². The number of hydrogen-bond donors (Lipinski definition) is 2. The van der Waals surface area contributed by atoms with Gasteiger partial charge in [0.2, 0.25) is 0 Å². The summed E-state index contributed by atoms with van der Waals surface area (Å²) in [6.45, 7) is 5.73. The van der Waals surface area contributed by atoms with Crippen molar-refractivity contribution < 1.29 is 9.84 Å². The normalized spacial score (nSPS) is 15.7. The summed E-state index contributed by atoms with van der Waals surface area (Å²) in [5.41, 5.74) is 4.83. The largest absolute Gasteiger partial charge is 0.366 e. The maximum Gasteiger partial charge on any atom is 0.172 e. The van der Waals surface area contributed by atoms with Gasteiger partial charge in [-0.1, -0.05) is 0 Å². The van der Waals surface area contributed by atoms with Gasteiger partial charge in [0.15, 0.2) is 6.29 Å². The maximum atomic E-state index is 9.04. The average Bonchev–Trinajstić information content (AvgIpc) is 1.64. The molecule has 1 unspecified atom stereocenters. The van der Waals surface area contributed by atoms with Crippen LogP contribution in [0.2, 0.25) is 0 Å². The second-order valence-corrected chi connectivity index (χ2v) is 2.63. The molecule has 0 saturated carbocycles. The molecule has 0 aromatic rings. The highest BCUT2D eigenvalue weighted by Gasteiger charge is 2.22. The Morgan fingerprint density at radius 3 is 2.22 bits per heavy atom. The molecule has 3 N–H and O–H groups in total. The van der Waals surface area contributed by atoms with Crippen molar-refractivity contribution in [3.05, 3.63) is 0 Å². The predicted octanol–water partition coefficient (Wildman–Crippen LogP) is 0.0786. The van der Waals surface area contributed by atoms with Crippen molar-refractivity contribution in [1.29, 1.82) is 0 Å². The van der Waals surface area contributed by atoms with Crippen molar-refractivity contribution in [2.45, 2.75) is 32.6 Å². The van der Waals surface area contributed by atoms with Crippen LogP contribution >= 0.6 is 0 Å². The Morgan fingerprint density at radius 1 is 1.67 bits per heavy atom. The van der Waals surface area contributed by atoms with Gasteiger partial charge in [0, 0.05) is 6.61 Å². The second-order valence-electron chi connectivity index (χ2n) is 2.63. The SMILES string of the molecule is CCOC(O)C(C)(C)N. The molecule has 9 heavy (non-hydrogen) atoms. The van der Waals surface area contributed by atoms with E-state index in [0.717, 1.165) is 0 Å². The van der Waals surface area contributed by atoms with Crippen LogP contribution in [0.4, 0.5) is 0 Å². The van der Waals surface area contributed by atoms with Crippen LogP contribution in [0.5, 0.6) is 0 Å². The third-order valence-corrected chi connectivity index (χ3v) is 0.961. The Kier molecular flexibility index (Phi) is 3.11. The van der Waals surface area contributed by atoms with Crippen molar-refractivity contribution in [2.24, 2.45) is 5.73 Å². The number of aliphatic hydroxyl groups excluding tert-OH is 1. The van der Waals surface area contributed by atoms with Gasteiger partial charge >= 0.3 is 0 Å². The summed E-state index contributed by atoms with van der Waals surface area (Å²) in [6, 6.07) is 0. The number of nitrogens with two attached hydrogens (primary N) is 1. The maximum absolute atomic E-state index is 9.04. The summed E-state index contributed by atoms with van der Waals surface area (Å²) < 4.78 is 4.84. The lowest BCUT2D eigenvalue weighted by atomic mass is 10.1. The smallest absolute Gasteiger partial charge is 0.172 e. The molecule has 0 fully saturated rings. The molecule has 0 saturated heterocycles. The lowest BCUT2D eigenvalue weighted by Crippen LogP contribution is -2.46. The van der Waals surface area contributed by atoms with E-state index in [1.54, 1.807) is 13.8 Å². The molecule has 56 valence electrons. The van der Waals surface area contributed by atoms with Crippen LogP contribution in [-0.4, -0.2) is 23.5 Å². The predicted molar refractivity (Wildman–Crippen MR) is 35.9 cm³/mol. The van der Waals surface area contributed by atoms with Crippen molar-refractivity contribution >= 4 is 0 Å². The van der Waals surface area contributed by atoms with E-state index in [-0.39, 0.29) is 0 Å². The van der Waals surface area contributed by atoms with Gasteiger partial charge in [0.05, 0.1) is 5.54 Å². The average molecular weight is 133 g/mol. The van der Waals surface area contributed by atoms with E-state index in [9.17, 15) is 0 Å². The van der Waals surface area contributed by atoms with Crippen LogP contribution in [0.25, 0.3) is 0 Å². The van der Waals surface area contributed by atoms with E-state index in [1.807, 2.05) is 6.92 Å². The zero-order valence-corrected chi connectivity index (χ0v) is 6.22. The lowest BCUT2D eigenvalue weighted by molar-refractivity contribution is -0.131. The standard InChI is InChI=1S/C6H15NO2/c1-4-9-5(8)6(2,3)7/h5,8H,4,7H2,1-3H3. The summed E-state index contributed by atoms with van der Waals surface area (Å²) >= 11 is 0. The highest BCUT2D eigenvalue weighted by molar-refractivity contribution is 4.74. The first-order valence-electron chi connectivity index (χ1n) is 3.07. The summed E-state index contributed by atoms with van der Waals surface area (Å²) in [5, 5.41) is 9.04. The monoisotopic (exact) mass is 133 g/mol. The first kappa shape index (κ1) is 8.88. The van der Waals surface area contributed by atoms with Gasteiger partial charge in [-0.3, -0.25) is 0 Å². The number of hydrogen-bond acceptors (Lipinski definition) is 3. The van der Waals surface area contributed by atoms with E-state index >= 15 is 0 Å². The topological polar surface area (TPSA) is 55.5 Å².